The maximum absolute atomic E-state index is 11.6. The predicted molar refractivity (Wildman–Crippen MR) is 69.6 cm³/mol. The first kappa shape index (κ1) is 12.9. The van der Waals surface area contributed by atoms with Gasteiger partial charge in [0.2, 0.25) is 5.91 Å². The lowest BCUT2D eigenvalue weighted by Crippen LogP contribution is -2.50. The van der Waals surface area contributed by atoms with E-state index in [0.29, 0.717) is 12.0 Å². The molecule has 2 aliphatic rings. The molecule has 2 fully saturated rings. The molecule has 98 valence electrons. The van der Waals surface area contributed by atoms with Crippen molar-refractivity contribution >= 4 is 5.91 Å². The van der Waals surface area contributed by atoms with E-state index in [9.17, 15) is 4.79 Å². The molecule has 2 saturated carbocycles. The van der Waals surface area contributed by atoms with Crippen molar-refractivity contribution in [2.75, 3.05) is 0 Å². The van der Waals surface area contributed by atoms with Gasteiger partial charge in [-0.15, -0.1) is 0 Å². The minimum absolute atomic E-state index is 0.0689. The number of primary amides is 1. The zero-order chi connectivity index (χ0) is 12.1. The van der Waals surface area contributed by atoms with Gasteiger partial charge < -0.3 is 11.1 Å². The number of hydrogen-bond donors (Lipinski definition) is 2. The lowest BCUT2D eigenvalue weighted by atomic mass is 9.95. The van der Waals surface area contributed by atoms with Crippen LogP contribution in [0.3, 0.4) is 0 Å². The summed E-state index contributed by atoms with van der Waals surface area (Å²) in [6.45, 7) is 0. The average Bonchev–Trinajstić information content (AvgIpc) is 2.70. The van der Waals surface area contributed by atoms with Crippen LogP contribution < -0.4 is 11.1 Å². The molecule has 2 aliphatic carbocycles. The first-order valence-corrected chi connectivity index (χ1v) is 7.33. The van der Waals surface area contributed by atoms with E-state index in [1.54, 1.807) is 0 Å². The molecule has 0 aliphatic heterocycles. The second-order valence-corrected chi connectivity index (χ2v) is 5.78. The summed E-state index contributed by atoms with van der Waals surface area (Å²) in [5, 5.41) is 3.56. The van der Waals surface area contributed by atoms with Gasteiger partial charge in [-0.2, -0.15) is 0 Å². The van der Waals surface area contributed by atoms with Gasteiger partial charge in [-0.3, -0.25) is 4.79 Å². The minimum Gasteiger partial charge on any atom is -0.368 e. The maximum Gasteiger partial charge on any atom is 0.234 e. The zero-order valence-electron chi connectivity index (χ0n) is 10.8. The molecule has 3 heteroatoms. The highest BCUT2D eigenvalue weighted by atomic mass is 16.1. The second kappa shape index (κ2) is 6.39. The van der Waals surface area contributed by atoms with Crippen LogP contribution in [0.5, 0.6) is 0 Å². The van der Waals surface area contributed by atoms with E-state index >= 15 is 0 Å². The molecule has 0 aromatic rings. The van der Waals surface area contributed by atoms with Gasteiger partial charge in [-0.1, -0.05) is 38.5 Å². The van der Waals surface area contributed by atoms with Gasteiger partial charge in [0.25, 0.3) is 0 Å². The molecular formula is C14H26N2O. The van der Waals surface area contributed by atoms with E-state index in [2.05, 4.69) is 5.32 Å². The zero-order valence-corrected chi connectivity index (χ0v) is 10.8. The summed E-state index contributed by atoms with van der Waals surface area (Å²) in [6, 6.07) is 0.455. The molecule has 2 rings (SSSR count). The molecular weight excluding hydrogens is 212 g/mol. The highest BCUT2D eigenvalue weighted by molar-refractivity contribution is 5.80. The standard InChI is InChI=1S/C14H26N2O/c15-14(17)13(11-7-5-6-8-11)16-12-9-3-1-2-4-10-12/h11-13,16H,1-10H2,(H2,15,17). The highest BCUT2D eigenvalue weighted by Gasteiger charge is 2.30. The normalized spacial score (nSPS) is 25.6. The summed E-state index contributed by atoms with van der Waals surface area (Å²) in [5.41, 5.74) is 5.57. The highest BCUT2D eigenvalue weighted by Crippen LogP contribution is 2.28. The van der Waals surface area contributed by atoms with Gasteiger partial charge in [0.1, 0.15) is 0 Å². The lowest BCUT2D eigenvalue weighted by molar-refractivity contribution is -0.121. The molecule has 0 bridgehead atoms. The molecule has 0 aromatic heterocycles. The van der Waals surface area contributed by atoms with Crippen molar-refractivity contribution in [2.45, 2.75) is 76.3 Å². The van der Waals surface area contributed by atoms with Crippen LogP contribution >= 0.6 is 0 Å². The SMILES string of the molecule is NC(=O)C(NC1CCCCCC1)C1CCCC1. The van der Waals surface area contributed by atoms with Gasteiger partial charge in [0, 0.05) is 6.04 Å². The third kappa shape index (κ3) is 3.70. The largest absolute Gasteiger partial charge is 0.368 e. The summed E-state index contributed by atoms with van der Waals surface area (Å²) < 4.78 is 0. The maximum atomic E-state index is 11.6. The van der Waals surface area contributed by atoms with Crippen LogP contribution in [0.2, 0.25) is 0 Å². The van der Waals surface area contributed by atoms with Crippen molar-refractivity contribution in [3.8, 4) is 0 Å². The van der Waals surface area contributed by atoms with Gasteiger partial charge in [0.05, 0.1) is 6.04 Å². The summed E-state index contributed by atoms with van der Waals surface area (Å²) >= 11 is 0. The second-order valence-electron chi connectivity index (χ2n) is 5.78. The van der Waals surface area contributed by atoms with Gasteiger partial charge in [-0.05, 0) is 31.6 Å². The molecule has 3 N–H and O–H groups in total. The Bertz CT molecular complexity index is 241. The van der Waals surface area contributed by atoms with Crippen molar-refractivity contribution < 1.29 is 4.79 Å². The van der Waals surface area contributed by atoms with E-state index in [4.69, 9.17) is 5.73 Å². The summed E-state index contributed by atoms with van der Waals surface area (Å²) in [7, 11) is 0. The van der Waals surface area contributed by atoms with Crippen molar-refractivity contribution in [1.82, 2.24) is 5.32 Å². The number of hydrogen-bond acceptors (Lipinski definition) is 2. The van der Waals surface area contributed by atoms with E-state index in [1.165, 1.54) is 64.2 Å². The molecule has 17 heavy (non-hydrogen) atoms. The minimum atomic E-state index is -0.138. The Hall–Kier alpha value is -0.570. The number of carbonyl (C=O) groups is 1. The Kier molecular flexibility index (Phi) is 4.84. The third-order valence-electron chi connectivity index (χ3n) is 4.45. The monoisotopic (exact) mass is 238 g/mol. The number of nitrogens with two attached hydrogens (primary N) is 1. The van der Waals surface area contributed by atoms with Gasteiger partial charge in [-0.25, -0.2) is 0 Å². The van der Waals surface area contributed by atoms with E-state index in [-0.39, 0.29) is 11.9 Å². The Morgan fingerprint density at radius 1 is 0.941 bits per heavy atom. The molecule has 0 aromatic carbocycles. The predicted octanol–water partition coefficient (Wildman–Crippen LogP) is 2.34. The smallest absolute Gasteiger partial charge is 0.234 e. The topological polar surface area (TPSA) is 55.1 Å². The molecule has 1 amide bonds. The first-order valence-electron chi connectivity index (χ1n) is 7.33. The van der Waals surface area contributed by atoms with Crippen molar-refractivity contribution in [1.29, 1.82) is 0 Å². The van der Waals surface area contributed by atoms with E-state index < -0.39 is 0 Å². The van der Waals surface area contributed by atoms with Crippen LogP contribution in [-0.4, -0.2) is 18.0 Å². The van der Waals surface area contributed by atoms with Crippen LogP contribution in [0, 0.1) is 5.92 Å². The van der Waals surface area contributed by atoms with Gasteiger partial charge in [0.15, 0.2) is 0 Å². The molecule has 0 spiro atoms. The van der Waals surface area contributed by atoms with E-state index in [0.717, 1.165) is 0 Å². The van der Waals surface area contributed by atoms with Crippen LogP contribution in [0.25, 0.3) is 0 Å². The fourth-order valence-electron chi connectivity index (χ4n) is 3.44. The van der Waals surface area contributed by atoms with Crippen molar-refractivity contribution in [3.05, 3.63) is 0 Å². The van der Waals surface area contributed by atoms with Crippen molar-refractivity contribution in [3.63, 3.8) is 0 Å². The number of carbonyl (C=O) groups excluding carboxylic acids is 1. The fourth-order valence-corrected chi connectivity index (χ4v) is 3.44. The molecule has 1 atom stereocenters. The first-order chi connectivity index (χ1) is 8.27. The van der Waals surface area contributed by atoms with Gasteiger partial charge >= 0.3 is 0 Å². The molecule has 1 unspecified atom stereocenters. The summed E-state index contributed by atoms with van der Waals surface area (Å²) in [5.74, 6) is 0.358. The molecule has 0 heterocycles. The number of amides is 1. The molecule has 0 radical (unpaired) electrons. The average molecular weight is 238 g/mol. The summed E-state index contributed by atoms with van der Waals surface area (Å²) in [6.07, 6.45) is 12.6. The Morgan fingerprint density at radius 2 is 1.47 bits per heavy atom. The Balaban J connectivity index is 1.89. The van der Waals surface area contributed by atoms with E-state index in [1.807, 2.05) is 0 Å². The number of nitrogens with one attached hydrogen (secondary N) is 1. The van der Waals surface area contributed by atoms with Crippen LogP contribution in [0.15, 0.2) is 0 Å². The molecule has 0 saturated heterocycles. The van der Waals surface area contributed by atoms with Crippen LogP contribution in [0.4, 0.5) is 0 Å². The number of rotatable bonds is 4. The quantitative estimate of drug-likeness (QED) is 0.739. The van der Waals surface area contributed by atoms with Crippen LogP contribution in [0.1, 0.15) is 64.2 Å². The fraction of sp³-hybridized carbons (Fsp3) is 0.929. The third-order valence-corrected chi connectivity index (χ3v) is 4.45. The lowest BCUT2D eigenvalue weighted by Gasteiger charge is -2.27. The summed E-state index contributed by atoms with van der Waals surface area (Å²) in [4.78, 5) is 11.6. The Morgan fingerprint density at radius 3 is 2.00 bits per heavy atom. The van der Waals surface area contributed by atoms with Crippen molar-refractivity contribution in [2.24, 2.45) is 11.7 Å². The molecule has 3 nitrogen and oxygen atoms in total. The van der Waals surface area contributed by atoms with Crippen LogP contribution in [-0.2, 0) is 4.79 Å². The Labute approximate surface area is 105 Å².